The molecule has 5 nitrogen and oxygen atoms in total. The van der Waals surface area contributed by atoms with Gasteiger partial charge in [0.25, 0.3) is 0 Å². The van der Waals surface area contributed by atoms with E-state index in [-0.39, 0.29) is 28.6 Å². The van der Waals surface area contributed by atoms with Crippen molar-refractivity contribution in [2.75, 3.05) is 34.2 Å². The van der Waals surface area contributed by atoms with Gasteiger partial charge >= 0.3 is 0 Å². The third kappa shape index (κ3) is 3.24. The van der Waals surface area contributed by atoms with Crippen molar-refractivity contribution in [1.29, 1.82) is 0 Å². The van der Waals surface area contributed by atoms with Crippen molar-refractivity contribution in [3.05, 3.63) is 12.2 Å². The molecule has 1 heterocycles. The molecule has 2 unspecified atom stereocenters. The number of amides is 2. The first-order chi connectivity index (χ1) is 13.7. The summed E-state index contributed by atoms with van der Waals surface area (Å²) in [6, 6.07) is 0.331. The highest BCUT2D eigenvalue weighted by Gasteiger charge is 2.61. The van der Waals surface area contributed by atoms with E-state index in [1.54, 1.807) is 0 Å². The zero-order valence-electron chi connectivity index (χ0n) is 18.9. The molecule has 1 N–H and O–H groups in total. The Balaban J connectivity index is 1.51. The third-order valence-electron chi connectivity index (χ3n) is 9.30. The summed E-state index contributed by atoms with van der Waals surface area (Å²) < 4.78 is 0. The number of nitrogens with zero attached hydrogens (tertiary/aromatic N) is 2. The Labute approximate surface area is 176 Å². The highest BCUT2D eigenvalue weighted by atomic mass is 16.2. The number of likely N-dealkylation sites (N-methyl/N-ethyl adjacent to an activating group) is 2. The Morgan fingerprint density at radius 3 is 2.66 bits per heavy atom. The molecule has 0 aromatic carbocycles. The minimum Gasteiger partial charge on any atom is -0.355 e. The topological polar surface area (TPSA) is 52.7 Å². The Kier molecular flexibility index (Phi) is 5.33. The van der Waals surface area contributed by atoms with Crippen molar-refractivity contribution in [3.63, 3.8) is 0 Å². The second-order valence-electron chi connectivity index (χ2n) is 10.9. The van der Waals surface area contributed by atoms with Crippen molar-refractivity contribution in [3.8, 4) is 0 Å². The number of hydrogen-bond acceptors (Lipinski definition) is 3. The monoisotopic (exact) mass is 401 g/mol. The second-order valence-corrected chi connectivity index (χ2v) is 10.9. The molecule has 3 aliphatic carbocycles. The van der Waals surface area contributed by atoms with Gasteiger partial charge in [-0.3, -0.25) is 9.59 Å². The zero-order chi connectivity index (χ0) is 21.0. The van der Waals surface area contributed by atoms with E-state index >= 15 is 0 Å². The van der Waals surface area contributed by atoms with E-state index in [1.165, 1.54) is 19.3 Å². The van der Waals surface area contributed by atoms with Crippen LogP contribution in [-0.2, 0) is 9.59 Å². The molecule has 4 aliphatic rings. The number of hydrogen-bond donors (Lipinski definition) is 1. The molecule has 2 amide bonds. The van der Waals surface area contributed by atoms with Gasteiger partial charge in [0.2, 0.25) is 11.8 Å². The number of nitrogens with one attached hydrogen (secondary N) is 1. The molecule has 0 aromatic rings. The summed E-state index contributed by atoms with van der Waals surface area (Å²) in [6.45, 7) is 6.41. The highest BCUT2D eigenvalue weighted by molar-refractivity contribution is 5.89. The maximum absolute atomic E-state index is 13.0. The van der Waals surface area contributed by atoms with Crippen LogP contribution in [0.4, 0.5) is 0 Å². The summed E-state index contributed by atoms with van der Waals surface area (Å²) in [6.07, 6.45) is 10.9. The van der Waals surface area contributed by atoms with Gasteiger partial charge in [0.15, 0.2) is 0 Å². The van der Waals surface area contributed by atoms with Gasteiger partial charge in [-0.15, -0.1) is 0 Å². The lowest BCUT2D eigenvalue weighted by Gasteiger charge is -2.60. The van der Waals surface area contributed by atoms with Gasteiger partial charge in [0, 0.05) is 37.5 Å². The summed E-state index contributed by atoms with van der Waals surface area (Å²) in [5, 5.41) is 3.21. The molecule has 5 heteroatoms. The van der Waals surface area contributed by atoms with Gasteiger partial charge in [-0.1, -0.05) is 19.9 Å². The SMILES string of the molecule is CN(C)CCNC(=O)C1CC[C@H]2[C@@H]3CCC4N(C)C(=O)C=C[C@]4(C)[C@@H]3CC[C@]12C. The molecule has 29 heavy (non-hydrogen) atoms. The molecule has 4 rings (SSSR count). The van der Waals surface area contributed by atoms with Crippen LogP contribution in [0.1, 0.15) is 52.4 Å². The van der Waals surface area contributed by atoms with Crippen molar-refractivity contribution >= 4 is 11.8 Å². The third-order valence-corrected chi connectivity index (χ3v) is 9.30. The predicted molar refractivity (Wildman–Crippen MR) is 115 cm³/mol. The summed E-state index contributed by atoms with van der Waals surface area (Å²) >= 11 is 0. The molecular weight excluding hydrogens is 362 g/mol. The van der Waals surface area contributed by atoms with E-state index < -0.39 is 0 Å². The molecule has 3 saturated carbocycles. The van der Waals surface area contributed by atoms with E-state index in [9.17, 15) is 9.59 Å². The van der Waals surface area contributed by atoms with Crippen LogP contribution >= 0.6 is 0 Å². The van der Waals surface area contributed by atoms with E-state index in [0.717, 1.165) is 32.4 Å². The predicted octanol–water partition coefficient (Wildman–Crippen LogP) is 2.92. The lowest BCUT2D eigenvalue weighted by molar-refractivity contribution is -0.142. The molecule has 0 aromatic heterocycles. The Bertz CT molecular complexity index is 704. The molecule has 3 fully saturated rings. The number of carbonyl (C=O) groups is 2. The molecular formula is C24H39N3O2. The summed E-state index contributed by atoms with van der Waals surface area (Å²) in [5.74, 6) is 2.54. The van der Waals surface area contributed by atoms with Gasteiger partial charge in [-0.05, 0) is 81.9 Å². The zero-order valence-corrected chi connectivity index (χ0v) is 18.9. The van der Waals surface area contributed by atoms with Crippen molar-refractivity contribution < 1.29 is 9.59 Å². The fraction of sp³-hybridized carbons (Fsp3) is 0.833. The summed E-state index contributed by atoms with van der Waals surface area (Å²) in [7, 11) is 6.07. The van der Waals surface area contributed by atoms with Gasteiger partial charge in [0.1, 0.15) is 0 Å². The first kappa shape index (κ1) is 20.9. The normalized spacial score (nSPS) is 43.7. The minimum atomic E-state index is 0.0823. The Morgan fingerprint density at radius 1 is 1.17 bits per heavy atom. The highest BCUT2D eigenvalue weighted by Crippen LogP contribution is 2.65. The lowest BCUT2D eigenvalue weighted by Crippen LogP contribution is -2.59. The number of fused-ring (bicyclic) bond motifs is 5. The van der Waals surface area contributed by atoms with Gasteiger partial charge < -0.3 is 15.1 Å². The minimum absolute atomic E-state index is 0.0823. The number of rotatable bonds is 4. The van der Waals surface area contributed by atoms with Crippen molar-refractivity contribution in [1.82, 2.24) is 15.1 Å². The molecule has 7 atom stereocenters. The molecule has 1 aliphatic heterocycles. The fourth-order valence-corrected chi connectivity index (χ4v) is 7.70. The summed E-state index contributed by atoms with van der Waals surface area (Å²) in [4.78, 5) is 29.4. The Morgan fingerprint density at radius 2 is 1.93 bits per heavy atom. The van der Waals surface area contributed by atoms with Crippen LogP contribution in [0.2, 0.25) is 0 Å². The average Bonchev–Trinajstić information content (AvgIpc) is 3.02. The quantitative estimate of drug-likeness (QED) is 0.788. The number of carbonyl (C=O) groups excluding carboxylic acids is 2. The summed E-state index contributed by atoms with van der Waals surface area (Å²) in [5.41, 5.74) is 0.214. The van der Waals surface area contributed by atoms with Crippen LogP contribution in [0.25, 0.3) is 0 Å². The van der Waals surface area contributed by atoms with Crippen LogP contribution in [-0.4, -0.2) is 61.9 Å². The van der Waals surface area contributed by atoms with Crippen LogP contribution < -0.4 is 5.32 Å². The van der Waals surface area contributed by atoms with Crippen LogP contribution in [0.5, 0.6) is 0 Å². The molecule has 0 spiro atoms. The van der Waals surface area contributed by atoms with Crippen LogP contribution in [0.3, 0.4) is 0 Å². The van der Waals surface area contributed by atoms with E-state index in [1.807, 2.05) is 32.1 Å². The van der Waals surface area contributed by atoms with E-state index in [4.69, 9.17) is 0 Å². The van der Waals surface area contributed by atoms with E-state index in [2.05, 4.69) is 30.1 Å². The molecule has 0 saturated heterocycles. The second kappa shape index (κ2) is 7.40. The lowest BCUT2D eigenvalue weighted by atomic mass is 9.47. The van der Waals surface area contributed by atoms with Crippen LogP contribution in [0, 0.1) is 34.5 Å². The molecule has 0 radical (unpaired) electrons. The first-order valence-corrected chi connectivity index (χ1v) is 11.6. The van der Waals surface area contributed by atoms with Crippen LogP contribution in [0.15, 0.2) is 12.2 Å². The fourth-order valence-electron chi connectivity index (χ4n) is 7.70. The van der Waals surface area contributed by atoms with Gasteiger partial charge in [-0.25, -0.2) is 0 Å². The smallest absolute Gasteiger partial charge is 0.246 e. The Hall–Kier alpha value is -1.36. The maximum Gasteiger partial charge on any atom is 0.246 e. The molecule has 0 bridgehead atoms. The maximum atomic E-state index is 13.0. The van der Waals surface area contributed by atoms with Gasteiger partial charge in [0.05, 0.1) is 0 Å². The average molecular weight is 402 g/mol. The van der Waals surface area contributed by atoms with Crippen molar-refractivity contribution in [2.24, 2.45) is 34.5 Å². The van der Waals surface area contributed by atoms with Crippen molar-refractivity contribution in [2.45, 2.75) is 58.4 Å². The molecule has 162 valence electrons. The standard InChI is InChI=1S/C24H39N3O2/c1-23-12-10-18-16(6-9-20-24(18,2)13-11-21(28)27(20)5)17(23)7-8-19(23)22(29)25-14-15-26(3)4/h11,13,16-20H,6-10,12,14-15H2,1-5H3,(H,25,29)/t16-,17-,18+,19?,20?,23-,24+/m0/s1. The largest absolute Gasteiger partial charge is 0.355 e. The van der Waals surface area contributed by atoms with E-state index in [0.29, 0.717) is 23.8 Å². The first-order valence-electron chi connectivity index (χ1n) is 11.6. The van der Waals surface area contributed by atoms with Gasteiger partial charge in [-0.2, -0.15) is 0 Å².